The summed E-state index contributed by atoms with van der Waals surface area (Å²) in [4.78, 5) is 22.4. The van der Waals surface area contributed by atoms with Gasteiger partial charge in [0.1, 0.15) is 22.9 Å². The Morgan fingerprint density at radius 1 is 0.722 bits per heavy atom. The van der Waals surface area contributed by atoms with Crippen LogP contribution in [-0.4, -0.2) is 37.2 Å². The van der Waals surface area contributed by atoms with Crippen molar-refractivity contribution in [2.45, 2.75) is 6.92 Å². The third-order valence-electron chi connectivity index (χ3n) is 5.38. The Balaban J connectivity index is 1.69. The van der Waals surface area contributed by atoms with E-state index in [1.807, 2.05) is 48.5 Å². The molecule has 36 heavy (non-hydrogen) atoms. The van der Waals surface area contributed by atoms with Crippen molar-refractivity contribution < 1.29 is 19.0 Å². The second-order valence-electron chi connectivity index (χ2n) is 7.72. The number of aryl methyl sites for hydroxylation is 1. The highest BCUT2D eigenvalue weighted by Crippen LogP contribution is 2.31. The summed E-state index contributed by atoms with van der Waals surface area (Å²) in [6, 6.07) is 21.8. The molecule has 9 heteroatoms. The zero-order valence-electron chi connectivity index (χ0n) is 20.5. The predicted octanol–water partition coefficient (Wildman–Crippen LogP) is 5.55. The summed E-state index contributed by atoms with van der Waals surface area (Å²) >= 11 is 0. The molecule has 0 saturated carbocycles. The summed E-state index contributed by atoms with van der Waals surface area (Å²) in [5, 5.41) is 9.43. The number of amides is 1. The topological polar surface area (TPSA) is 107 Å². The van der Waals surface area contributed by atoms with Gasteiger partial charge in [-0.1, -0.05) is 12.1 Å². The van der Waals surface area contributed by atoms with E-state index in [1.165, 1.54) is 7.11 Å². The van der Waals surface area contributed by atoms with Gasteiger partial charge >= 0.3 is 0 Å². The van der Waals surface area contributed by atoms with Crippen molar-refractivity contribution in [1.29, 1.82) is 0 Å². The number of nitrogens with one attached hydrogen (secondary N) is 3. The molecule has 0 bridgehead atoms. The molecule has 0 spiro atoms. The van der Waals surface area contributed by atoms with Crippen LogP contribution in [-0.2, 0) is 0 Å². The molecular formula is C27H27N5O4. The molecule has 1 heterocycles. The van der Waals surface area contributed by atoms with Gasteiger partial charge in [-0.2, -0.15) is 4.98 Å². The Labute approximate surface area is 209 Å². The maximum Gasteiger partial charge on any atom is 0.259 e. The van der Waals surface area contributed by atoms with E-state index in [0.29, 0.717) is 34.5 Å². The molecule has 0 fully saturated rings. The van der Waals surface area contributed by atoms with Crippen LogP contribution in [0.15, 0.2) is 72.8 Å². The molecule has 4 rings (SSSR count). The molecule has 1 aromatic heterocycles. The standard InChI is InChI=1S/C27H27N5O4/c1-17-24(31-26(33)22-7-5-6-8-23(22)36-4)25(29-18-9-13-20(34-2)14-10-18)32-27(28-17)30-19-11-15-21(35-3)16-12-19/h5-16H,1-4H3,(H,31,33)(H2,28,29,30,32). The van der Waals surface area contributed by atoms with Crippen LogP contribution < -0.4 is 30.2 Å². The summed E-state index contributed by atoms with van der Waals surface area (Å²) < 4.78 is 15.8. The lowest BCUT2D eigenvalue weighted by molar-refractivity contribution is 0.102. The highest BCUT2D eigenvalue weighted by atomic mass is 16.5. The number of ether oxygens (including phenoxy) is 3. The Morgan fingerprint density at radius 2 is 1.31 bits per heavy atom. The average Bonchev–Trinajstić information content (AvgIpc) is 2.91. The average molecular weight is 486 g/mol. The van der Waals surface area contributed by atoms with Crippen molar-refractivity contribution >= 4 is 34.7 Å². The van der Waals surface area contributed by atoms with Crippen LogP contribution in [0, 0.1) is 6.92 Å². The van der Waals surface area contributed by atoms with Crippen molar-refractivity contribution in [3.05, 3.63) is 84.1 Å². The van der Waals surface area contributed by atoms with E-state index in [9.17, 15) is 4.79 Å². The zero-order valence-corrected chi connectivity index (χ0v) is 20.5. The predicted molar refractivity (Wildman–Crippen MR) is 140 cm³/mol. The number of benzene rings is 3. The molecule has 0 aliphatic carbocycles. The summed E-state index contributed by atoms with van der Waals surface area (Å²) in [5.74, 6) is 2.39. The molecule has 3 aromatic carbocycles. The van der Waals surface area contributed by atoms with Gasteiger partial charge in [0, 0.05) is 11.4 Å². The van der Waals surface area contributed by atoms with Crippen LogP contribution in [0.2, 0.25) is 0 Å². The Morgan fingerprint density at radius 3 is 1.89 bits per heavy atom. The van der Waals surface area contributed by atoms with Gasteiger partial charge in [0.05, 0.1) is 32.6 Å². The lowest BCUT2D eigenvalue weighted by Gasteiger charge is -2.17. The van der Waals surface area contributed by atoms with Gasteiger partial charge < -0.3 is 30.2 Å². The van der Waals surface area contributed by atoms with Crippen molar-refractivity contribution in [2.24, 2.45) is 0 Å². The smallest absolute Gasteiger partial charge is 0.259 e. The highest BCUT2D eigenvalue weighted by molar-refractivity contribution is 6.08. The van der Waals surface area contributed by atoms with Gasteiger partial charge in [-0.15, -0.1) is 0 Å². The number of nitrogens with zero attached hydrogens (tertiary/aromatic N) is 2. The van der Waals surface area contributed by atoms with E-state index in [-0.39, 0.29) is 5.91 Å². The number of rotatable bonds is 9. The van der Waals surface area contributed by atoms with Crippen LogP contribution >= 0.6 is 0 Å². The van der Waals surface area contributed by atoms with Crippen molar-refractivity contribution in [2.75, 3.05) is 37.3 Å². The number of carbonyl (C=O) groups is 1. The molecule has 3 N–H and O–H groups in total. The SMILES string of the molecule is COc1ccc(Nc2nc(C)c(NC(=O)c3ccccc3OC)c(Nc3ccc(OC)cc3)n2)cc1. The highest BCUT2D eigenvalue weighted by Gasteiger charge is 2.18. The van der Waals surface area contributed by atoms with Gasteiger partial charge in [-0.3, -0.25) is 4.79 Å². The first kappa shape index (κ1) is 24.3. The lowest BCUT2D eigenvalue weighted by Crippen LogP contribution is -2.17. The second-order valence-corrected chi connectivity index (χ2v) is 7.72. The maximum absolute atomic E-state index is 13.2. The molecule has 4 aromatic rings. The third-order valence-corrected chi connectivity index (χ3v) is 5.38. The number of hydrogen-bond acceptors (Lipinski definition) is 8. The fourth-order valence-electron chi connectivity index (χ4n) is 3.50. The van der Waals surface area contributed by atoms with Crippen molar-refractivity contribution in [1.82, 2.24) is 9.97 Å². The molecule has 1 amide bonds. The first-order valence-corrected chi connectivity index (χ1v) is 11.2. The normalized spacial score (nSPS) is 10.3. The second kappa shape index (κ2) is 11.1. The first-order valence-electron chi connectivity index (χ1n) is 11.2. The molecular weight excluding hydrogens is 458 g/mol. The summed E-state index contributed by atoms with van der Waals surface area (Å²) in [5.41, 5.74) is 2.96. The van der Waals surface area contributed by atoms with E-state index in [0.717, 1.165) is 22.9 Å². The summed E-state index contributed by atoms with van der Waals surface area (Å²) in [7, 11) is 4.75. The number of hydrogen-bond donors (Lipinski definition) is 3. The van der Waals surface area contributed by atoms with Gasteiger partial charge in [0.25, 0.3) is 5.91 Å². The monoisotopic (exact) mass is 485 g/mol. The maximum atomic E-state index is 13.2. The zero-order chi connectivity index (χ0) is 25.5. The fraction of sp³-hybridized carbons (Fsp3) is 0.148. The summed E-state index contributed by atoms with van der Waals surface area (Å²) in [6.07, 6.45) is 0. The van der Waals surface area contributed by atoms with Crippen LogP contribution in [0.3, 0.4) is 0 Å². The molecule has 9 nitrogen and oxygen atoms in total. The minimum atomic E-state index is -0.340. The van der Waals surface area contributed by atoms with Crippen LogP contribution in [0.4, 0.5) is 28.8 Å². The first-order chi connectivity index (χ1) is 17.5. The van der Waals surface area contributed by atoms with Crippen molar-refractivity contribution in [3.8, 4) is 17.2 Å². The van der Waals surface area contributed by atoms with E-state index in [4.69, 9.17) is 14.2 Å². The minimum Gasteiger partial charge on any atom is -0.497 e. The Kier molecular flexibility index (Phi) is 7.50. The van der Waals surface area contributed by atoms with Gasteiger partial charge in [-0.25, -0.2) is 4.98 Å². The molecule has 0 unspecified atom stereocenters. The molecule has 0 atom stereocenters. The molecule has 0 radical (unpaired) electrons. The molecule has 0 aliphatic rings. The van der Waals surface area contributed by atoms with Crippen LogP contribution in [0.5, 0.6) is 17.2 Å². The Bertz CT molecular complexity index is 1340. The quantitative estimate of drug-likeness (QED) is 0.283. The van der Waals surface area contributed by atoms with Gasteiger partial charge in [-0.05, 0) is 67.6 Å². The van der Waals surface area contributed by atoms with E-state index in [1.54, 1.807) is 45.4 Å². The largest absolute Gasteiger partial charge is 0.497 e. The van der Waals surface area contributed by atoms with E-state index in [2.05, 4.69) is 25.9 Å². The van der Waals surface area contributed by atoms with Gasteiger partial charge in [0.2, 0.25) is 5.95 Å². The number of anilines is 5. The van der Waals surface area contributed by atoms with E-state index >= 15 is 0 Å². The molecule has 0 saturated heterocycles. The van der Waals surface area contributed by atoms with Crippen molar-refractivity contribution in [3.63, 3.8) is 0 Å². The third kappa shape index (κ3) is 5.64. The van der Waals surface area contributed by atoms with Crippen LogP contribution in [0.1, 0.15) is 16.1 Å². The minimum absolute atomic E-state index is 0.340. The lowest BCUT2D eigenvalue weighted by atomic mass is 10.2. The Hall–Kier alpha value is -4.79. The summed E-state index contributed by atoms with van der Waals surface area (Å²) in [6.45, 7) is 1.80. The molecule has 0 aliphatic heterocycles. The van der Waals surface area contributed by atoms with Crippen LogP contribution in [0.25, 0.3) is 0 Å². The fourth-order valence-corrected chi connectivity index (χ4v) is 3.50. The van der Waals surface area contributed by atoms with E-state index < -0.39 is 0 Å². The number of carbonyl (C=O) groups excluding carboxylic acids is 1. The number of aromatic nitrogens is 2. The van der Waals surface area contributed by atoms with Gasteiger partial charge in [0.15, 0.2) is 5.82 Å². The number of para-hydroxylation sites is 1. The molecule has 184 valence electrons. The number of methoxy groups -OCH3 is 3.